The molecule has 3 N–H and O–H groups in total. The fourth-order valence-corrected chi connectivity index (χ4v) is 5.45. The van der Waals surface area contributed by atoms with Crippen molar-refractivity contribution < 1.29 is 20.1 Å². The van der Waals surface area contributed by atoms with E-state index >= 15 is 0 Å². The maximum atomic E-state index is 13.0. The maximum absolute atomic E-state index is 13.0. The van der Waals surface area contributed by atoms with Gasteiger partial charge in [-0.1, -0.05) is 24.3 Å². The summed E-state index contributed by atoms with van der Waals surface area (Å²) < 4.78 is -0.409. The molecule has 26 heavy (non-hydrogen) atoms. The maximum Gasteiger partial charge on any atom is 0.195 e. The highest BCUT2D eigenvalue weighted by Gasteiger charge is 2.38. The minimum atomic E-state index is -1.21. The van der Waals surface area contributed by atoms with Crippen LogP contribution in [0.2, 0.25) is 0 Å². The van der Waals surface area contributed by atoms with Crippen molar-refractivity contribution in [3.63, 3.8) is 0 Å². The molecule has 1 heterocycles. The van der Waals surface area contributed by atoms with Gasteiger partial charge in [0.05, 0.1) is 22.3 Å². The Kier molecular flexibility index (Phi) is 6.01. The van der Waals surface area contributed by atoms with E-state index in [9.17, 15) is 25.4 Å². The summed E-state index contributed by atoms with van der Waals surface area (Å²) in [6.45, 7) is 0. The van der Waals surface area contributed by atoms with Crippen LogP contribution in [0.5, 0.6) is 0 Å². The van der Waals surface area contributed by atoms with Crippen LogP contribution in [0.25, 0.3) is 0 Å². The highest BCUT2D eigenvalue weighted by molar-refractivity contribution is 8.17. The predicted molar refractivity (Wildman–Crippen MR) is 101 cm³/mol. The number of aliphatic hydroxyl groups is 3. The number of hydrogen-bond acceptors (Lipinski definition) is 7. The largest absolute Gasteiger partial charge is 0.389 e. The van der Waals surface area contributed by atoms with E-state index in [1.165, 1.54) is 23.5 Å². The lowest BCUT2D eigenvalue weighted by atomic mass is 9.99. The van der Waals surface area contributed by atoms with Crippen LogP contribution in [-0.2, 0) is 0 Å². The molecule has 1 fully saturated rings. The number of thioether (sulfide) groups is 2. The van der Waals surface area contributed by atoms with E-state index in [0.717, 1.165) is 0 Å². The Morgan fingerprint density at radius 2 is 1.69 bits per heavy atom. The second-order valence-corrected chi connectivity index (χ2v) is 8.51. The van der Waals surface area contributed by atoms with Gasteiger partial charge in [-0.25, -0.2) is 0 Å². The Labute approximate surface area is 159 Å². The van der Waals surface area contributed by atoms with Gasteiger partial charge in [-0.3, -0.25) is 4.79 Å². The average molecular weight is 387 g/mol. The van der Waals surface area contributed by atoms with Crippen LogP contribution in [0.1, 0.15) is 21.5 Å². The second-order valence-electron chi connectivity index (χ2n) is 5.85. The van der Waals surface area contributed by atoms with Crippen molar-refractivity contribution in [3.05, 3.63) is 65.2 Å². The fraction of sp³-hybridized carbons (Fsp3) is 0.263. The molecule has 2 aromatic carbocycles. The summed E-state index contributed by atoms with van der Waals surface area (Å²) >= 11 is 2.62. The van der Waals surface area contributed by atoms with Crippen LogP contribution < -0.4 is 0 Å². The van der Waals surface area contributed by atoms with Crippen molar-refractivity contribution >= 4 is 29.3 Å². The van der Waals surface area contributed by atoms with Gasteiger partial charge in [0.15, 0.2) is 5.78 Å². The number of carbonyl (C=O) groups is 1. The summed E-state index contributed by atoms with van der Waals surface area (Å²) in [7, 11) is 0. The lowest BCUT2D eigenvalue weighted by molar-refractivity contribution is -0.0474. The molecule has 5 nitrogen and oxygen atoms in total. The molecule has 0 unspecified atom stereocenters. The number of ketones is 1. The van der Waals surface area contributed by atoms with Crippen LogP contribution in [0.3, 0.4) is 0 Å². The van der Waals surface area contributed by atoms with Crippen LogP contribution in [-0.4, -0.2) is 49.7 Å². The Morgan fingerprint density at radius 1 is 1.04 bits per heavy atom. The zero-order chi connectivity index (χ0) is 18.7. The van der Waals surface area contributed by atoms with E-state index in [4.69, 9.17) is 0 Å². The first-order valence-corrected chi connectivity index (χ1v) is 9.91. The molecule has 0 bridgehead atoms. The fourth-order valence-electron chi connectivity index (χ4n) is 2.69. The number of nitrogens with zero attached hydrogens (tertiary/aromatic N) is 1. The topological polar surface area (TPSA) is 102 Å². The highest BCUT2D eigenvalue weighted by Crippen LogP contribution is 2.40. The van der Waals surface area contributed by atoms with Gasteiger partial charge >= 0.3 is 0 Å². The molecule has 0 aromatic heterocycles. The van der Waals surface area contributed by atoms with Crippen LogP contribution in [0.15, 0.2) is 53.4 Å². The molecule has 0 saturated carbocycles. The van der Waals surface area contributed by atoms with Crippen molar-refractivity contribution in [2.24, 2.45) is 0 Å². The van der Waals surface area contributed by atoms with E-state index in [1.54, 1.807) is 48.5 Å². The van der Waals surface area contributed by atoms with Crippen molar-refractivity contribution in [1.82, 2.24) is 0 Å². The first-order chi connectivity index (χ1) is 12.5. The zero-order valence-corrected chi connectivity index (χ0v) is 15.3. The Hall–Kier alpha value is -1.82. The van der Waals surface area contributed by atoms with Crippen molar-refractivity contribution in [2.75, 3.05) is 5.75 Å². The van der Waals surface area contributed by atoms with Crippen molar-refractivity contribution in [2.45, 2.75) is 27.8 Å². The molecular weight excluding hydrogens is 370 g/mol. The lowest BCUT2D eigenvalue weighted by Gasteiger charge is -2.34. The number of rotatable bonds is 4. The second kappa shape index (κ2) is 8.25. The van der Waals surface area contributed by atoms with Gasteiger partial charge in [0, 0.05) is 21.8 Å². The molecule has 7 heteroatoms. The number of nitriles is 1. The van der Waals surface area contributed by atoms with Crippen LogP contribution in [0, 0.1) is 11.3 Å². The van der Waals surface area contributed by atoms with Gasteiger partial charge in [0.25, 0.3) is 0 Å². The van der Waals surface area contributed by atoms with Gasteiger partial charge in [0.1, 0.15) is 12.2 Å². The molecule has 3 rings (SSSR count). The number of hydrogen-bond donors (Lipinski definition) is 3. The average Bonchev–Trinajstić information content (AvgIpc) is 2.68. The Morgan fingerprint density at radius 3 is 2.42 bits per heavy atom. The van der Waals surface area contributed by atoms with Crippen molar-refractivity contribution in [3.8, 4) is 6.07 Å². The van der Waals surface area contributed by atoms with E-state index in [0.29, 0.717) is 27.3 Å². The molecule has 1 aliphatic heterocycles. The van der Waals surface area contributed by atoms with Crippen molar-refractivity contribution in [1.29, 1.82) is 5.26 Å². The number of benzene rings is 2. The van der Waals surface area contributed by atoms with Gasteiger partial charge in [-0.05, 0) is 24.3 Å². The molecule has 1 aliphatic rings. The van der Waals surface area contributed by atoms with E-state index in [1.807, 2.05) is 6.07 Å². The summed E-state index contributed by atoms with van der Waals surface area (Å²) in [4.78, 5) is 13.6. The summed E-state index contributed by atoms with van der Waals surface area (Å²) in [5.74, 6) is 0.0460. The third-order valence-electron chi connectivity index (χ3n) is 4.12. The first kappa shape index (κ1) is 19.0. The zero-order valence-electron chi connectivity index (χ0n) is 13.6. The molecule has 134 valence electrons. The minimum Gasteiger partial charge on any atom is -0.389 e. The summed E-state index contributed by atoms with van der Waals surface area (Å²) in [6, 6.07) is 15.7. The normalized spacial score (nSPS) is 25.5. The smallest absolute Gasteiger partial charge is 0.195 e. The molecule has 0 radical (unpaired) electrons. The predicted octanol–water partition coefficient (Wildman–Crippen LogP) is 2.04. The van der Waals surface area contributed by atoms with E-state index in [2.05, 4.69) is 0 Å². The standard InChI is InChI=1S/C19H17NO4S2/c20-9-11-5-1-2-6-12(11)16(22)13-7-3-4-8-15(13)26-19-18(24)17(23)14(21)10-25-19/h1-8,14,17-19,21,23-24H,10H2/t14-,17+,18-,19+/m1/s1. The lowest BCUT2D eigenvalue weighted by Crippen LogP contribution is -2.47. The quantitative estimate of drug-likeness (QED) is 0.690. The summed E-state index contributed by atoms with van der Waals surface area (Å²) in [5, 5.41) is 39.0. The number of aliphatic hydroxyl groups excluding tert-OH is 3. The molecule has 2 aromatic rings. The first-order valence-electron chi connectivity index (χ1n) is 7.98. The molecule has 0 aliphatic carbocycles. The third kappa shape index (κ3) is 3.80. The van der Waals surface area contributed by atoms with Gasteiger partial charge in [-0.15, -0.1) is 23.5 Å². The number of carbonyl (C=O) groups excluding carboxylic acids is 1. The van der Waals surface area contributed by atoms with Crippen LogP contribution in [0.4, 0.5) is 0 Å². The van der Waals surface area contributed by atoms with Crippen LogP contribution >= 0.6 is 23.5 Å². The van der Waals surface area contributed by atoms with E-state index < -0.39 is 22.9 Å². The molecular formula is C19H17NO4S2. The molecule has 1 saturated heterocycles. The summed E-state index contributed by atoms with van der Waals surface area (Å²) in [6.07, 6.45) is -3.29. The minimum absolute atomic E-state index is 0.263. The van der Waals surface area contributed by atoms with Gasteiger partial charge in [-0.2, -0.15) is 5.26 Å². The Bertz CT molecular complexity index is 851. The Balaban J connectivity index is 1.90. The summed E-state index contributed by atoms with van der Waals surface area (Å²) in [5.41, 5.74) is 1.08. The molecule has 0 amide bonds. The monoisotopic (exact) mass is 387 g/mol. The highest BCUT2D eigenvalue weighted by atomic mass is 32.2. The van der Waals surface area contributed by atoms with Gasteiger partial charge in [0.2, 0.25) is 0 Å². The molecule has 0 spiro atoms. The van der Waals surface area contributed by atoms with Gasteiger partial charge < -0.3 is 15.3 Å². The SMILES string of the molecule is N#Cc1ccccc1C(=O)c1ccccc1S[C@@H]1SC[C@@H](O)[C@H](O)[C@H]1O. The third-order valence-corrected chi connectivity index (χ3v) is 7.08. The molecule has 4 atom stereocenters. The van der Waals surface area contributed by atoms with E-state index in [-0.39, 0.29) is 5.78 Å².